The number of carbonyl (C=O) groups excluding carboxylic acids is 1. The molecule has 0 N–H and O–H groups in total. The zero-order chi connectivity index (χ0) is 17.0. The van der Waals surface area contributed by atoms with E-state index in [1.54, 1.807) is 0 Å². The highest BCUT2D eigenvalue weighted by Crippen LogP contribution is 2.22. The van der Waals surface area contributed by atoms with Crippen molar-refractivity contribution in [1.82, 2.24) is 4.90 Å². The first kappa shape index (κ1) is 18.0. The Hall–Kier alpha value is -1.39. The van der Waals surface area contributed by atoms with Gasteiger partial charge in [-0.05, 0) is 38.8 Å². The van der Waals surface area contributed by atoms with Crippen molar-refractivity contribution >= 4 is 5.78 Å². The van der Waals surface area contributed by atoms with E-state index in [4.69, 9.17) is 9.47 Å². The Balaban J connectivity index is 2.09. The molecule has 4 heteroatoms. The van der Waals surface area contributed by atoms with Gasteiger partial charge in [0.2, 0.25) is 0 Å². The Kier molecular flexibility index (Phi) is 6.19. The highest BCUT2D eigenvalue weighted by atomic mass is 16.5. The van der Waals surface area contributed by atoms with Gasteiger partial charge in [-0.25, -0.2) is 0 Å². The topological polar surface area (TPSA) is 38.8 Å². The minimum absolute atomic E-state index is 0.119. The van der Waals surface area contributed by atoms with Gasteiger partial charge < -0.3 is 9.47 Å². The van der Waals surface area contributed by atoms with E-state index < -0.39 is 0 Å². The van der Waals surface area contributed by atoms with E-state index in [1.807, 2.05) is 25.1 Å². The van der Waals surface area contributed by atoms with Gasteiger partial charge in [-0.2, -0.15) is 0 Å². The summed E-state index contributed by atoms with van der Waals surface area (Å²) < 4.78 is 11.6. The van der Waals surface area contributed by atoms with E-state index in [9.17, 15) is 4.79 Å². The number of aryl methyl sites for hydroxylation is 1. The quantitative estimate of drug-likeness (QED) is 0.754. The average Bonchev–Trinajstić information content (AvgIpc) is 2.44. The Morgan fingerprint density at radius 2 is 1.96 bits per heavy atom. The number of morpholine rings is 1. The van der Waals surface area contributed by atoms with Crippen LogP contribution in [0.3, 0.4) is 0 Å². The van der Waals surface area contributed by atoms with Crippen LogP contribution in [0.5, 0.6) is 5.75 Å². The van der Waals surface area contributed by atoms with Gasteiger partial charge in [0, 0.05) is 13.1 Å². The molecule has 0 saturated carbocycles. The van der Waals surface area contributed by atoms with E-state index in [2.05, 4.69) is 32.6 Å². The number of nitrogens with zero attached hydrogens (tertiary/aromatic N) is 1. The van der Waals surface area contributed by atoms with E-state index in [0.717, 1.165) is 18.7 Å². The molecule has 1 aromatic rings. The molecule has 1 aliphatic rings. The van der Waals surface area contributed by atoms with Gasteiger partial charge in [0.1, 0.15) is 5.75 Å². The third kappa shape index (κ3) is 5.33. The number of ketones is 1. The van der Waals surface area contributed by atoms with Crippen molar-refractivity contribution in [2.75, 3.05) is 26.2 Å². The van der Waals surface area contributed by atoms with Gasteiger partial charge in [0.25, 0.3) is 0 Å². The normalized spacial score (nSPS) is 22.3. The second kappa shape index (κ2) is 7.93. The summed E-state index contributed by atoms with van der Waals surface area (Å²) in [5.74, 6) is 1.25. The van der Waals surface area contributed by atoms with Crippen LogP contribution in [0.2, 0.25) is 0 Å². The fourth-order valence-corrected chi connectivity index (χ4v) is 2.95. The highest BCUT2D eigenvalue weighted by molar-refractivity contribution is 6.00. The number of rotatable bonds is 6. The third-order valence-electron chi connectivity index (χ3n) is 3.87. The molecule has 1 heterocycles. The number of benzene rings is 1. The van der Waals surface area contributed by atoms with Crippen LogP contribution in [0.25, 0.3) is 0 Å². The lowest BCUT2D eigenvalue weighted by Crippen LogP contribution is -2.47. The number of Topliss-reactive ketones (excluding diaryl/α,β-unsaturated/α-hetero) is 1. The standard InChI is InChI=1S/C19H29NO3/c1-13(2)12-22-19-7-6-14(3)8-17(19)18(21)11-20-9-15(4)23-16(5)10-20/h6-8,13,15-16H,9-12H2,1-5H3. The predicted molar refractivity (Wildman–Crippen MR) is 92.3 cm³/mol. The maximum Gasteiger partial charge on any atom is 0.180 e. The zero-order valence-electron chi connectivity index (χ0n) is 15.0. The Labute approximate surface area is 139 Å². The molecule has 1 saturated heterocycles. The lowest BCUT2D eigenvalue weighted by molar-refractivity contribution is -0.0652. The number of carbonyl (C=O) groups is 1. The van der Waals surface area contributed by atoms with Crippen LogP contribution in [-0.4, -0.2) is 49.1 Å². The fraction of sp³-hybridized carbons (Fsp3) is 0.632. The van der Waals surface area contributed by atoms with Gasteiger partial charge in [-0.15, -0.1) is 0 Å². The molecule has 2 unspecified atom stereocenters. The SMILES string of the molecule is Cc1ccc(OCC(C)C)c(C(=O)CN2CC(C)OC(C)C2)c1. The Bertz CT molecular complexity index is 531. The molecular weight excluding hydrogens is 290 g/mol. The van der Waals surface area contributed by atoms with Crippen molar-refractivity contribution in [3.05, 3.63) is 29.3 Å². The van der Waals surface area contributed by atoms with Crippen LogP contribution in [0.1, 0.15) is 43.6 Å². The first-order chi connectivity index (χ1) is 10.8. The predicted octanol–water partition coefficient (Wildman–Crippen LogP) is 3.32. The first-order valence-electron chi connectivity index (χ1n) is 8.49. The van der Waals surface area contributed by atoms with Crippen molar-refractivity contribution in [2.45, 2.75) is 46.8 Å². The first-order valence-corrected chi connectivity index (χ1v) is 8.49. The molecule has 0 spiro atoms. The van der Waals surface area contributed by atoms with Gasteiger partial charge in [-0.3, -0.25) is 9.69 Å². The second-order valence-corrected chi connectivity index (χ2v) is 7.08. The molecule has 1 fully saturated rings. The van der Waals surface area contributed by atoms with Gasteiger partial charge in [0.05, 0.1) is 30.9 Å². The number of hydrogen-bond acceptors (Lipinski definition) is 4. The zero-order valence-corrected chi connectivity index (χ0v) is 15.0. The fourth-order valence-electron chi connectivity index (χ4n) is 2.95. The summed E-state index contributed by atoms with van der Waals surface area (Å²) in [7, 11) is 0. The molecule has 0 aromatic heterocycles. The van der Waals surface area contributed by atoms with Crippen LogP contribution < -0.4 is 4.74 Å². The van der Waals surface area contributed by atoms with Crippen LogP contribution in [-0.2, 0) is 4.74 Å². The highest BCUT2D eigenvalue weighted by Gasteiger charge is 2.25. The molecule has 0 aliphatic carbocycles. The van der Waals surface area contributed by atoms with Crippen molar-refractivity contribution in [3.8, 4) is 5.75 Å². The summed E-state index contributed by atoms with van der Waals surface area (Å²) in [4.78, 5) is 15.0. The lowest BCUT2D eigenvalue weighted by atomic mass is 10.1. The van der Waals surface area contributed by atoms with Gasteiger partial charge >= 0.3 is 0 Å². The van der Waals surface area contributed by atoms with Gasteiger partial charge in [0.15, 0.2) is 5.78 Å². The molecule has 23 heavy (non-hydrogen) atoms. The minimum Gasteiger partial charge on any atom is -0.493 e. The Morgan fingerprint density at radius 1 is 1.30 bits per heavy atom. The maximum absolute atomic E-state index is 12.8. The van der Waals surface area contributed by atoms with Crippen LogP contribution in [0.4, 0.5) is 0 Å². The minimum atomic E-state index is 0.119. The molecule has 0 radical (unpaired) electrons. The molecule has 1 aromatic carbocycles. The van der Waals surface area contributed by atoms with Crippen molar-refractivity contribution in [3.63, 3.8) is 0 Å². The van der Waals surface area contributed by atoms with Gasteiger partial charge in [-0.1, -0.05) is 25.5 Å². The summed E-state index contributed by atoms with van der Waals surface area (Å²) in [6.45, 7) is 12.9. The van der Waals surface area contributed by atoms with E-state index >= 15 is 0 Å². The average molecular weight is 319 g/mol. The molecule has 2 atom stereocenters. The molecule has 128 valence electrons. The van der Waals surface area contributed by atoms with E-state index in [1.165, 1.54) is 0 Å². The van der Waals surface area contributed by atoms with Crippen LogP contribution >= 0.6 is 0 Å². The maximum atomic E-state index is 12.8. The summed E-state index contributed by atoms with van der Waals surface area (Å²) in [6.07, 6.45) is 0.335. The molecule has 1 aliphatic heterocycles. The number of hydrogen-bond donors (Lipinski definition) is 0. The van der Waals surface area contributed by atoms with Crippen molar-refractivity contribution in [1.29, 1.82) is 0 Å². The molecule has 0 bridgehead atoms. The lowest BCUT2D eigenvalue weighted by Gasteiger charge is -2.34. The summed E-state index contributed by atoms with van der Waals surface area (Å²) in [6, 6.07) is 5.84. The van der Waals surface area contributed by atoms with Crippen LogP contribution in [0, 0.1) is 12.8 Å². The van der Waals surface area contributed by atoms with Crippen molar-refractivity contribution < 1.29 is 14.3 Å². The Morgan fingerprint density at radius 3 is 2.57 bits per heavy atom. The third-order valence-corrected chi connectivity index (χ3v) is 3.87. The largest absolute Gasteiger partial charge is 0.493 e. The number of ether oxygens (including phenoxy) is 2. The summed E-state index contributed by atoms with van der Waals surface area (Å²) >= 11 is 0. The molecule has 2 rings (SSSR count). The van der Waals surface area contributed by atoms with E-state index in [-0.39, 0.29) is 18.0 Å². The summed E-state index contributed by atoms with van der Waals surface area (Å²) in [5, 5.41) is 0. The van der Waals surface area contributed by atoms with Crippen molar-refractivity contribution in [2.24, 2.45) is 5.92 Å². The van der Waals surface area contributed by atoms with Crippen LogP contribution in [0.15, 0.2) is 18.2 Å². The van der Waals surface area contributed by atoms with E-state index in [0.29, 0.717) is 30.4 Å². The summed E-state index contributed by atoms with van der Waals surface area (Å²) in [5.41, 5.74) is 1.77. The monoisotopic (exact) mass is 319 g/mol. The molecule has 4 nitrogen and oxygen atoms in total. The molecular formula is C19H29NO3. The second-order valence-electron chi connectivity index (χ2n) is 7.08. The molecule has 0 amide bonds. The smallest absolute Gasteiger partial charge is 0.180 e.